The molecule has 0 bridgehead atoms. The molecule has 3 rings (SSSR count). The molecule has 2 aromatic rings. The second-order valence-corrected chi connectivity index (χ2v) is 6.04. The highest BCUT2D eigenvalue weighted by atomic mass is 16.5. The summed E-state index contributed by atoms with van der Waals surface area (Å²) in [5, 5.41) is 9.19. The second kappa shape index (κ2) is 6.81. The van der Waals surface area contributed by atoms with Crippen LogP contribution in [0.15, 0.2) is 48.0 Å². The number of fused-ring (bicyclic) bond motifs is 1. The molecule has 25 heavy (non-hydrogen) atoms. The maximum Gasteiger partial charge on any atom is 0.323 e. The Kier molecular flexibility index (Phi) is 4.57. The zero-order valence-electron chi connectivity index (χ0n) is 14.2. The quantitative estimate of drug-likeness (QED) is 0.868. The fourth-order valence-electron chi connectivity index (χ4n) is 2.96. The van der Waals surface area contributed by atoms with Crippen LogP contribution in [0.5, 0.6) is 5.75 Å². The molecular formula is C20H19NO4. The predicted molar refractivity (Wildman–Crippen MR) is 96.3 cm³/mol. The molecule has 0 atom stereocenters. The van der Waals surface area contributed by atoms with Crippen molar-refractivity contribution in [2.45, 2.75) is 6.92 Å². The minimum Gasteiger partial charge on any atom is -0.497 e. The van der Waals surface area contributed by atoms with Gasteiger partial charge in [-0.3, -0.25) is 9.59 Å². The van der Waals surface area contributed by atoms with Crippen molar-refractivity contribution < 1.29 is 19.4 Å². The van der Waals surface area contributed by atoms with Gasteiger partial charge in [-0.05, 0) is 42.8 Å². The van der Waals surface area contributed by atoms with E-state index in [2.05, 4.69) is 0 Å². The third-order valence-corrected chi connectivity index (χ3v) is 4.17. The van der Waals surface area contributed by atoms with Gasteiger partial charge in [-0.2, -0.15) is 0 Å². The van der Waals surface area contributed by atoms with Crippen LogP contribution in [-0.4, -0.2) is 37.1 Å². The molecule has 2 aromatic carbocycles. The van der Waals surface area contributed by atoms with Crippen LogP contribution in [0.2, 0.25) is 0 Å². The van der Waals surface area contributed by atoms with Gasteiger partial charge in [0.1, 0.15) is 12.3 Å². The number of hydrogen-bond donors (Lipinski definition) is 1. The fourth-order valence-corrected chi connectivity index (χ4v) is 2.96. The van der Waals surface area contributed by atoms with Crippen LogP contribution in [-0.2, 0) is 4.79 Å². The van der Waals surface area contributed by atoms with Gasteiger partial charge in [0.05, 0.1) is 7.11 Å². The molecule has 128 valence electrons. The van der Waals surface area contributed by atoms with Crippen molar-refractivity contribution in [3.05, 3.63) is 64.7 Å². The zero-order chi connectivity index (χ0) is 18.0. The van der Waals surface area contributed by atoms with E-state index in [4.69, 9.17) is 4.74 Å². The van der Waals surface area contributed by atoms with E-state index >= 15 is 0 Å². The second-order valence-electron chi connectivity index (χ2n) is 6.04. The van der Waals surface area contributed by atoms with Crippen LogP contribution in [0.3, 0.4) is 0 Å². The number of nitrogens with zero attached hydrogens (tertiary/aromatic N) is 1. The van der Waals surface area contributed by atoms with Crippen molar-refractivity contribution in [3.8, 4) is 5.75 Å². The highest BCUT2D eigenvalue weighted by molar-refractivity contribution is 6.17. The SMILES string of the molecule is COc1ccc(/C=C2\CN(CC(=O)O)c3ccc(C)cc3C2=O)cc1. The highest BCUT2D eigenvalue weighted by Gasteiger charge is 2.28. The van der Waals surface area contributed by atoms with Gasteiger partial charge < -0.3 is 14.7 Å². The van der Waals surface area contributed by atoms with Gasteiger partial charge in [0.2, 0.25) is 0 Å². The Morgan fingerprint density at radius 1 is 1.24 bits per heavy atom. The van der Waals surface area contributed by atoms with E-state index in [9.17, 15) is 14.7 Å². The lowest BCUT2D eigenvalue weighted by Gasteiger charge is -2.31. The average Bonchev–Trinajstić information content (AvgIpc) is 2.59. The Labute approximate surface area is 146 Å². The molecule has 0 saturated carbocycles. The fraction of sp³-hybridized carbons (Fsp3) is 0.200. The number of carboxylic acid groups (broad SMARTS) is 1. The Bertz CT molecular complexity index is 852. The van der Waals surface area contributed by atoms with E-state index in [-0.39, 0.29) is 18.9 Å². The Morgan fingerprint density at radius 2 is 1.96 bits per heavy atom. The van der Waals surface area contributed by atoms with Crippen molar-refractivity contribution in [2.75, 3.05) is 25.1 Å². The number of ether oxygens (including phenoxy) is 1. The van der Waals surface area contributed by atoms with Crippen LogP contribution in [0.4, 0.5) is 5.69 Å². The first-order valence-electron chi connectivity index (χ1n) is 7.94. The molecule has 1 heterocycles. The van der Waals surface area contributed by atoms with Crippen LogP contribution in [0.25, 0.3) is 6.08 Å². The lowest BCUT2D eigenvalue weighted by Crippen LogP contribution is -2.37. The van der Waals surface area contributed by atoms with Gasteiger partial charge in [0.15, 0.2) is 5.78 Å². The predicted octanol–water partition coefficient (Wildman–Crippen LogP) is 3.17. The van der Waals surface area contributed by atoms with Crippen LogP contribution in [0, 0.1) is 6.92 Å². The van der Waals surface area contributed by atoms with E-state index in [1.807, 2.05) is 55.5 Å². The molecular weight excluding hydrogens is 318 g/mol. The number of ketones is 1. The summed E-state index contributed by atoms with van der Waals surface area (Å²) in [4.78, 5) is 25.8. The summed E-state index contributed by atoms with van der Waals surface area (Å²) in [6, 6.07) is 12.9. The summed E-state index contributed by atoms with van der Waals surface area (Å²) in [6.45, 7) is 2.03. The molecule has 1 aliphatic heterocycles. The number of Topliss-reactive ketones (excluding diaryl/α,β-unsaturated/α-hetero) is 1. The minimum atomic E-state index is -0.926. The number of carbonyl (C=O) groups excluding carboxylic acids is 1. The van der Waals surface area contributed by atoms with Gasteiger partial charge in [0.25, 0.3) is 0 Å². The van der Waals surface area contributed by atoms with E-state index in [0.717, 1.165) is 16.9 Å². The molecule has 0 spiro atoms. The molecule has 1 N–H and O–H groups in total. The minimum absolute atomic E-state index is 0.0591. The van der Waals surface area contributed by atoms with Gasteiger partial charge in [0, 0.05) is 23.4 Å². The third kappa shape index (κ3) is 3.55. The first-order valence-corrected chi connectivity index (χ1v) is 7.94. The van der Waals surface area contributed by atoms with Gasteiger partial charge in [-0.1, -0.05) is 23.8 Å². The van der Waals surface area contributed by atoms with Crippen LogP contribution < -0.4 is 9.64 Å². The molecule has 1 aliphatic rings. The van der Waals surface area contributed by atoms with Crippen molar-refractivity contribution in [1.82, 2.24) is 0 Å². The van der Waals surface area contributed by atoms with Crippen molar-refractivity contribution in [1.29, 1.82) is 0 Å². The average molecular weight is 337 g/mol. The van der Waals surface area contributed by atoms with Gasteiger partial charge in [-0.25, -0.2) is 0 Å². The Hall–Kier alpha value is -3.08. The van der Waals surface area contributed by atoms with E-state index in [1.165, 1.54) is 0 Å². The maximum atomic E-state index is 12.9. The third-order valence-electron chi connectivity index (χ3n) is 4.17. The largest absolute Gasteiger partial charge is 0.497 e. The van der Waals surface area contributed by atoms with Crippen molar-refractivity contribution in [2.24, 2.45) is 0 Å². The standard InChI is InChI=1S/C20H19NO4/c1-13-3-8-18-17(9-13)20(24)15(11-21(18)12-19(22)23)10-14-4-6-16(25-2)7-5-14/h3-10H,11-12H2,1-2H3,(H,22,23)/b15-10+. The van der Waals surface area contributed by atoms with Gasteiger partial charge in [-0.15, -0.1) is 0 Å². The number of methoxy groups -OCH3 is 1. The van der Waals surface area contributed by atoms with Crippen molar-refractivity contribution in [3.63, 3.8) is 0 Å². The summed E-state index contributed by atoms with van der Waals surface area (Å²) in [5.41, 5.74) is 3.63. The molecule has 5 heteroatoms. The summed E-state index contributed by atoms with van der Waals surface area (Å²) in [5.74, 6) is -0.244. The molecule has 5 nitrogen and oxygen atoms in total. The van der Waals surface area contributed by atoms with E-state index in [1.54, 1.807) is 12.0 Å². The summed E-state index contributed by atoms with van der Waals surface area (Å²) in [7, 11) is 1.60. The first-order chi connectivity index (χ1) is 12.0. The number of carbonyl (C=O) groups is 2. The number of rotatable bonds is 4. The highest BCUT2D eigenvalue weighted by Crippen LogP contribution is 2.31. The summed E-state index contributed by atoms with van der Waals surface area (Å²) in [6.07, 6.45) is 1.81. The monoisotopic (exact) mass is 337 g/mol. The van der Waals surface area contributed by atoms with Gasteiger partial charge >= 0.3 is 5.97 Å². The summed E-state index contributed by atoms with van der Waals surface area (Å²) < 4.78 is 5.14. The molecule has 0 aromatic heterocycles. The smallest absolute Gasteiger partial charge is 0.323 e. The number of aliphatic carboxylic acids is 1. The Morgan fingerprint density at radius 3 is 2.60 bits per heavy atom. The van der Waals surface area contributed by atoms with E-state index < -0.39 is 5.97 Å². The number of aryl methyl sites for hydroxylation is 1. The maximum absolute atomic E-state index is 12.9. The van der Waals surface area contributed by atoms with Crippen molar-refractivity contribution >= 4 is 23.5 Å². The number of carboxylic acids is 1. The Balaban J connectivity index is 2.01. The molecule has 0 amide bonds. The van der Waals surface area contributed by atoms with E-state index in [0.29, 0.717) is 16.8 Å². The summed E-state index contributed by atoms with van der Waals surface area (Å²) >= 11 is 0. The number of hydrogen-bond acceptors (Lipinski definition) is 4. The molecule has 0 radical (unpaired) electrons. The lowest BCUT2D eigenvalue weighted by molar-refractivity contribution is -0.135. The van der Waals surface area contributed by atoms with Crippen LogP contribution >= 0.6 is 0 Å². The zero-order valence-corrected chi connectivity index (χ0v) is 14.2. The molecule has 0 aliphatic carbocycles. The molecule has 0 unspecified atom stereocenters. The molecule has 0 saturated heterocycles. The normalized spacial score (nSPS) is 15.2. The first kappa shape index (κ1) is 16.8. The number of anilines is 1. The molecule has 0 fully saturated rings. The lowest BCUT2D eigenvalue weighted by atomic mass is 9.93. The topological polar surface area (TPSA) is 66.8 Å². The number of benzene rings is 2. The van der Waals surface area contributed by atoms with Crippen LogP contribution in [0.1, 0.15) is 21.5 Å².